The molecule has 0 aromatic heterocycles. The van der Waals surface area contributed by atoms with Crippen LogP contribution in [0.5, 0.6) is 5.75 Å². The fraction of sp³-hybridized carbons (Fsp3) is 0.571. The van der Waals surface area contributed by atoms with Gasteiger partial charge in [-0.15, -0.1) is 0 Å². The van der Waals surface area contributed by atoms with Gasteiger partial charge in [-0.2, -0.15) is 0 Å². The van der Waals surface area contributed by atoms with Crippen molar-refractivity contribution in [2.75, 3.05) is 7.11 Å². The van der Waals surface area contributed by atoms with Gasteiger partial charge in [0, 0.05) is 11.1 Å². The highest BCUT2D eigenvalue weighted by atomic mass is 19.1. The Morgan fingerprint density at radius 2 is 1.82 bits per heavy atom. The van der Waals surface area contributed by atoms with E-state index in [1.165, 1.54) is 0 Å². The molecular weight excluding hydrogens is 219 g/mol. The van der Waals surface area contributed by atoms with Crippen molar-refractivity contribution in [2.45, 2.75) is 45.1 Å². The molecule has 1 aliphatic carbocycles. The van der Waals surface area contributed by atoms with Crippen LogP contribution < -0.4 is 4.74 Å². The minimum Gasteiger partial charge on any atom is -0.496 e. The minimum atomic E-state index is -1.18. The first-order chi connectivity index (χ1) is 7.95. The summed E-state index contributed by atoms with van der Waals surface area (Å²) >= 11 is 0. The van der Waals surface area contributed by atoms with Gasteiger partial charge in [0.2, 0.25) is 0 Å². The van der Waals surface area contributed by atoms with Crippen molar-refractivity contribution in [1.29, 1.82) is 0 Å². The van der Waals surface area contributed by atoms with Gasteiger partial charge in [-0.3, -0.25) is 0 Å². The lowest BCUT2D eigenvalue weighted by Crippen LogP contribution is -2.21. The zero-order valence-corrected chi connectivity index (χ0v) is 10.6. The second-order valence-corrected chi connectivity index (χ2v) is 5.16. The highest BCUT2D eigenvalue weighted by molar-refractivity contribution is 5.47. The van der Waals surface area contributed by atoms with E-state index in [1.54, 1.807) is 27.0 Å². The van der Waals surface area contributed by atoms with E-state index < -0.39 is 5.60 Å². The molecule has 0 spiro atoms. The van der Waals surface area contributed by atoms with Crippen molar-refractivity contribution in [3.8, 4) is 5.75 Å². The van der Waals surface area contributed by atoms with Gasteiger partial charge in [0.1, 0.15) is 11.6 Å². The van der Waals surface area contributed by atoms with Crippen LogP contribution in [0.15, 0.2) is 6.07 Å². The van der Waals surface area contributed by atoms with Crippen LogP contribution in [-0.2, 0) is 18.4 Å². The van der Waals surface area contributed by atoms with Gasteiger partial charge in [-0.1, -0.05) is 0 Å². The van der Waals surface area contributed by atoms with Crippen LogP contribution in [0.4, 0.5) is 4.39 Å². The predicted octanol–water partition coefficient (Wildman–Crippen LogP) is 2.94. The molecule has 3 heteroatoms. The van der Waals surface area contributed by atoms with Crippen molar-refractivity contribution < 1.29 is 14.2 Å². The van der Waals surface area contributed by atoms with Gasteiger partial charge < -0.3 is 9.84 Å². The molecule has 1 aromatic rings. The average molecular weight is 238 g/mol. The number of hydrogen-bond donors (Lipinski definition) is 1. The van der Waals surface area contributed by atoms with Crippen LogP contribution in [0, 0.1) is 5.82 Å². The molecule has 0 bridgehead atoms. The molecule has 0 amide bonds. The van der Waals surface area contributed by atoms with E-state index >= 15 is 0 Å². The molecule has 0 fully saturated rings. The molecule has 2 nitrogen and oxygen atoms in total. The van der Waals surface area contributed by atoms with Crippen molar-refractivity contribution >= 4 is 0 Å². The smallest absolute Gasteiger partial charge is 0.133 e. The third kappa shape index (κ3) is 2.16. The molecule has 0 heterocycles. The number of hydrogen-bond acceptors (Lipinski definition) is 2. The SMILES string of the molecule is COc1cc(C(C)(C)O)c(F)c2c1CCCC2. The Morgan fingerprint density at radius 3 is 2.35 bits per heavy atom. The summed E-state index contributed by atoms with van der Waals surface area (Å²) in [6.45, 7) is 3.19. The molecule has 0 radical (unpaired) electrons. The van der Waals surface area contributed by atoms with Crippen LogP contribution in [0.3, 0.4) is 0 Å². The van der Waals surface area contributed by atoms with Crippen LogP contribution in [0.1, 0.15) is 43.4 Å². The molecule has 1 aromatic carbocycles. The van der Waals surface area contributed by atoms with E-state index in [9.17, 15) is 9.50 Å². The minimum absolute atomic E-state index is 0.256. The van der Waals surface area contributed by atoms with Gasteiger partial charge in [-0.25, -0.2) is 4.39 Å². The van der Waals surface area contributed by atoms with Gasteiger partial charge in [0.15, 0.2) is 0 Å². The second-order valence-electron chi connectivity index (χ2n) is 5.16. The third-order valence-corrected chi connectivity index (χ3v) is 3.42. The number of halogens is 1. The first kappa shape index (κ1) is 12.4. The molecular formula is C14H19FO2. The monoisotopic (exact) mass is 238 g/mol. The van der Waals surface area contributed by atoms with Crippen LogP contribution in [-0.4, -0.2) is 12.2 Å². The Kier molecular flexibility index (Phi) is 3.13. The molecule has 17 heavy (non-hydrogen) atoms. The summed E-state index contributed by atoms with van der Waals surface area (Å²) in [6.07, 6.45) is 3.68. The fourth-order valence-corrected chi connectivity index (χ4v) is 2.49. The van der Waals surface area contributed by atoms with Crippen LogP contribution >= 0.6 is 0 Å². The highest BCUT2D eigenvalue weighted by Crippen LogP contribution is 2.37. The summed E-state index contributed by atoms with van der Waals surface area (Å²) in [6, 6.07) is 1.64. The largest absolute Gasteiger partial charge is 0.496 e. The summed E-state index contributed by atoms with van der Waals surface area (Å²) in [5, 5.41) is 10.00. The number of rotatable bonds is 2. The molecule has 0 saturated heterocycles. The normalized spacial score (nSPS) is 15.6. The topological polar surface area (TPSA) is 29.5 Å². The molecule has 0 saturated carbocycles. The average Bonchev–Trinajstić information content (AvgIpc) is 2.28. The third-order valence-electron chi connectivity index (χ3n) is 3.42. The van der Waals surface area contributed by atoms with E-state index in [1.807, 2.05) is 0 Å². The molecule has 0 atom stereocenters. The number of fused-ring (bicyclic) bond motifs is 1. The van der Waals surface area contributed by atoms with Crippen molar-refractivity contribution in [1.82, 2.24) is 0 Å². The Labute approximate surface area is 101 Å². The lowest BCUT2D eigenvalue weighted by molar-refractivity contribution is 0.0739. The molecule has 94 valence electrons. The van der Waals surface area contributed by atoms with Gasteiger partial charge >= 0.3 is 0 Å². The summed E-state index contributed by atoms with van der Waals surface area (Å²) in [4.78, 5) is 0. The van der Waals surface area contributed by atoms with E-state index in [0.29, 0.717) is 11.3 Å². The Bertz CT molecular complexity index is 433. The Morgan fingerprint density at radius 1 is 1.24 bits per heavy atom. The van der Waals surface area contributed by atoms with Crippen LogP contribution in [0.2, 0.25) is 0 Å². The van der Waals surface area contributed by atoms with E-state index in [-0.39, 0.29) is 5.82 Å². The van der Waals surface area contributed by atoms with E-state index in [4.69, 9.17) is 4.74 Å². The Hall–Kier alpha value is -1.09. The first-order valence-electron chi connectivity index (χ1n) is 6.06. The summed E-state index contributed by atoms with van der Waals surface area (Å²) in [5.41, 5.74) is 0.857. The number of aliphatic hydroxyl groups is 1. The summed E-state index contributed by atoms with van der Waals surface area (Å²) in [5.74, 6) is 0.450. The maximum absolute atomic E-state index is 14.4. The van der Waals surface area contributed by atoms with Crippen molar-refractivity contribution in [3.63, 3.8) is 0 Å². The molecule has 0 unspecified atom stereocenters. The number of ether oxygens (including phenoxy) is 1. The first-order valence-corrected chi connectivity index (χ1v) is 6.06. The lowest BCUT2D eigenvalue weighted by atomic mass is 9.85. The number of methoxy groups -OCH3 is 1. The van der Waals surface area contributed by atoms with Gasteiger partial charge in [0.25, 0.3) is 0 Å². The standard InChI is InChI=1S/C14H19FO2/c1-14(2,16)11-8-12(17-3)9-6-4-5-7-10(9)13(11)15/h8,16H,4-7H2,1-3H3. The van der Waals surface area contributed by atoms with E-state index in [0.717, 1.165) is 36.8 Å². The molecule has 2 rings (SSSR count). The van der Waals surface area contributed by atoms with Crippen LogP contribution in [0.25, 0.3) is 0 Å². The molecule has 1 N–H and O–H groups in total. The highest BCUT2D eigenvalue weighted by Gasteiger charge is 2.28. The zero-order valence-electron chi connectivity index (χ0n) is 10.6. The van der Waals surface area contributed by atoms with Crippen molar-refractivity contribution in [3.05, 3.63) is 28.6 Å². The zero-order chi connectivity index (χ0) is 12.6. The van der Waals surface area contributed by atoms with E-state index in [2.05, 4.69) is 0 Å². The van der Waals surface area contributed by atoms with Gasteiger partial charge in [0.05, 0.1) is 12.7 Å². The molecule has 0 aliphatic heterocycles. The summed E-state index contributed by atoms with van der Waals surface area (Å²) < 4.78 is 19.7. The summed E-state index contributed by atoms with van der Waals surface area (Å²) in [7, 11) is 1.59. The van der Waals surface area contributed by atoms with Gasteiger partial charge in [-0.05, 0) is 51.2 Å². The maximum atomic E-state index is 14.4. The lowest BCUT2D eigenvalue weighted by Gasteiger charge is -2.26. The predicted molar refractivity (Wildman–Crippen MR) is 64.8 cm³/mol. The number of benzene rings is 1. The fourth-order valence-electron chi connectivity index (χ4n) is 2.49. The quantitative estimate of drug-likeness (QED) is 0.858. The Balaban J connectivity index is 2.64. The van der Waals surface area contributed by atoms with Crippen molar-refractivity contribution in [2.24, 2.45) is 0 Å². The maximum Gasteiger partial charge on any atom is 0.133 e. The second kappa shape index (κ2) is 4.30. The molecule has 1 aliphatic rings.